The molecule has 1 fully saturated rings. The van der Waals surface area contributed by atoms with Gasteiger partial charge in [0, 0.05) is 71.4 Å². The Kier molecular flexibility index (Phi) is 38.8. The van der Waals surface area contributed by atoms with Gasteiger partial charge in [0.15, 0.2) is 19.8 Å². The van der Waals surface area contributed by atoms with E-state index in [2.05, 4.69) is 92.6 Å². The molecule has 3 aromatic rings. The molecule has 3 amide bonds. The second-order valence-electron chi connectivity index (χ2n) is 27.9. The molecular formula is C86H122N6O12. The number of carbonyl (C=O) groups excluding carboxylic acids is 6. The Labute approximate surface area is 622 Å². The quantitative estimate of drug-likeness (QED) is 0.0536. The number of hydrogen-bond donors (Lipinski definition) is 0. The van der Waals surface area contributed by atoms with Crippen molar-refractivity contribution in [3.05, 3.63) is 175 Å². The lowest BCUT2D eigenvalue weighted by Gasteiger charge is -2.26. The highest BCUT2D eigenvalue weighted by Crippen LogP contribution is 2.27. The van der Waals surface area contributed by atoms with Crippen LogP contribution in [0.15, 0.2) is 124 Å². The number of cyclic esters (lactones) is 3. The maximum absolute atomic E-state index is 13.3. The van der Waals surface area contributed by atoms with Crippen LogP contribution in [0.5, 0.6) is 0 Å². The Morgan fingerprint density at radius 2 is 0.913 bits per heavy atom. The van der Waals surface area contributed by atoms with Gasteiger partial charge in [-0.3, -0.25) is 14.4 Å². The van der Waals surface area contributed by atoms with Gasteiger partial charge in [0.1, 0.15) is 12.2 Å². The van der Waals surface area contributed by atoms with Crippen molar-refractivity contribution < 1.29 is 57.5 Å². The van der Waals surface area contributed by atoms with Crippen LogP contribution in [0, 0.1) is 47.5 Å². The molecule has 3 unspecified atom stereocenters. The molecule has 4 aliphatic rings. The molecule has 0 saturated carbocycles. The second-order valence-corrected chi connectivity index (χ2v) is 27.9. The van der Waals surface area contributed by atoms with Gasteiger partial charge in [0.2, 0.25) is 0 Å². The van der Waals surface area contributed by atoms with E-state index >= 15 is 0 Å². The van der Waals surface area contributed by atoms with Crippen molar-refractivity contribution in [2.45, 2.75) is 238 Å². The molecule has 568 valence electrons. The van der Waals surface area contributed by atoms with Crippen LogP contribution in [0.25, 0.3) is 0 Å². The van der Waals surface area contributed by atoms with Gasteiger partial charge in [0.05, 0.1) is 40.4 Å². The minimum absolute atomic E-state index is 0.0282. The first-order valence-corrected chi connectivity index (χ1v) is 38.3. The van der Waals surface area contributed by atoms with Crippen molar-refractivity contribution >= 4 is 52.8 Å². The smallest absolute Gasteiger partial charge is 0.338 e. The number of fused-ring (bicyclic) bond motifs is 3. The predicted molar refractivity (Wildman–Crippen MR) is 419 cm³/mol. The maximum Gasteiger partial charge on any atom is 0.338 e. The molecule has 3 atom stereocenters. The molecule has 0 bridgehead atoms. The van der Waals surface area contributed by atoms with Crippen molar-refractivity contribution in [2.24, 2.45) is 21.4 Å². The number of oxime groups is 3. The summed E-state index contributed by atoms with van der Waals surface area (Å²) in [6, 6.07) is 12.1. The molecule has 7 rings (SSSR count). The first-order valence-electron chi connectivity index (χ1n) is 38.3. The number of rotatable bonds is 17. The van der Waals surface area contributed by atoms with Gasteiger partial charge in [-0.05, 0) is 218 Å². The molecule has 0 aliphatic carbocycles. The van der Waals surface area contributed by atoms with Gasteiger partial charge in [0.25, 0.3) is 17.7 Å². The van der Waals surface area contributed by atoms with Gasteiger partial charge >= 0.3 is 17.9 Å². The van der Waals surface area contributed by atoms with Crippen LogP contribution >= 0.6 is 0 Å². The fourth-order valence-electron chi connectivity index (χ4n) is 13.3. The normalized spacial score (nSPS) is 21.3. The fourth-order valence-corrected chi connectivity index (χ4v) is 13.3. The van der Waals surface area contributed by atoms with Gasteiger partial charge in [-0.25, -0.2) is 14.4 Å². The summed E-state index contributed by atoms with van der Waals surface area (Å²) in [6.45, 7) is 34.4. The molecule has 1 saturated heterocycles. The van der Waals surface area contributed by atoms with Crippen LogP contribution in [0.2, 0.25) is 0 Å². The molecule has 18 heteroatoms. The summed E-state index contributed by atoms with van der Waals surface area (Å²) < 4.78 is 17.5. The zero-order valence-corrected chi connectivity index (χ0v) is 65.6. The minimum Gasteiger partial charge on any atom is -0.462 e. The lowest BCUT2D eigenvalue weighted by atomic mass is 9.94. The third kappa shape index (κ3) is 30.2. The molecule has 0 aromatic heterocycles. The lowest BCUT2D eigenvalue weighted by molar-refractivity contribution is -0.137. The fraction of sp³-hybridized carbons (Fsp3) is 0.547. The highest BCUT2D eigenvalue weighted by atomic mass is 16.6. The van der Waals surface area contributed by atoms with Crippen molar-refractivity contribution in [2.75, 3.05) is 65.7 Å². The van der Waals surface area contributed by atoms with E-state index in [0.717, 1.165) is 159 Å². The summed E-state index contributed by atoms with van der Waals surface area (Å²) in [5, 5.41) is 13.0. The Hall–Kier alpha value is -8.67. The number of piperidine rings is 1. The highest BCUT2D eigenvalue weighted by Gasteiger charge is 2.26. The summed E-state index contributed by atoms with van der Waals surface area (Å²) in [5.41, 5.74) is 14.6. The van der Waals surface area contributed by atoms with E-state index in [1.165, 1.54) is 17.6 Å². The number of nitrogens with zero attached hydrogens (tertiary/aromatic N) is 6. The largest absolute Gasteiger partial charge is 0.462 e. The molecule has 4 aliphatic heterocycles. The Morgan fingerprint density at radius 1 is 0.490 bits per heavy atom. The summed E-state index contributed by atoms with van der Waals surface area (Å²) in [6.07, 6.45) is 36.3. The zero-order valence-electron chi connectivity index (χ0n) is 65.6. The third-order valence-electron chi connectivity index (χ3n) is 18.6. The predicted octanol–water partition coefficient (Wildman–Crippen LogP) is 17.5. The maximum atomic E-state index is 13.3. The van der Waals surface area contributed by atoms with Crippen molar-refractivity contribution in [1.29, 1.82) is 0 Å². The number of aryl methyl sites for hydroxylation is 6. The van der Waals surface area contributed by atoms with Crippen LogP contribution in [-0.4, -0.2) is 145 Å². The number of esters is 3. The highest BCUT2D eigenvalue weighted by molar-refractivity contribution is 6.02. The Bertz CT molecular complexity index is 3440. The third-order valence-corrected chi connectivity index (χ3v) is 18.6. The number of benzene rings is 3. The first kappa shape index (κ1) is 86.0. The number of carbonyl (C=O) groups is 6. The minimum atomic E-state index is -0.302. The summed E-state index contributed by atoms with van der Waals surface area (Å²) >= 11 is 0. The van der Waals surface area contributed by atoms with Crippen LogP contribution in [0.1, 0.15) is 246 Å². The number of ether oxygens (including phenoxy) is 3. The summed E-state index contributed by atoms with van der Waals surface area (Å²) in [4.78, 5) is 98.6. The van der Waals surface area contributed by atoms with Crippen LogP contribution in [-0.2, 0) is 62.4 Å². The topological polar surface area (TPSA) is 205 Å². The molecule has 0 N–H and O–H groups in total. The van der Waals surface area contributed by atoms with E-state index in [9.17, 15) is 28.8 Å². The molecule has 3 aromatic carbocycles. The van der Waals surface area contributed by atoms with Crippen LogP contribution in [0.4, 0.5) is 0 Å². The monoisotopic (exact) mass is 1430 g/mol. The molecule has 0 spiro atoms. The Morgan fingerprint density at radius 3 is 1.36 bits per heavy atom. The Balaban J connectivity index is 0.000000280. The van der Waals surface area contributed by atoms with E-state index in [-0.39, 0.29) is 67.7 Å². The number of amides is 3. The van der Waals surface area contributed by atoms with Crippen molar-refractivity contribution in [3.8, 4) is 0 Å². The van der Waals surface area contributed by atoms with E-state index in [0.29, 0.717) is 91.8 Å². The number of likely N-dealkylation sites (tertiary alicyclic amines) is 1. The second kappa shape index (κ2) is 46.9. The number of allylic oxidation sites excluding steroid dienone is 10. The van der Waals surface area contributed by atoms with Crippen LogP contribution < -0.4 is 0 Å². The SMILES string of the molecule is CCCC1C/C=C/CC/C(C)=C/C(=N/OCC(=O)N(CC)CC)Cc2cc(C)cc(C)c2C(=O)O1.CCCC1C/C=C/CC/C(C)=C/C(=N\OCC(=O)N(CC)CC)Cc2cc(C)cc(C)c2C(=O)O1.Cc1cc(C)c2c(c1)CC(=N\OCC(=O)N1CCCCC1)/C=C/CC(C)C=CCCCOC2=O. The van der Waals surface area contributed by atoms with Gasteiger partial charge in [-0.1, -0.05) is 156 Å². The lowest BCUT2D eigenvalue weighted by Crippen LogP contribution is -2.37. The van der Waals surface area contributed by atoms with Gasteiger partial charge in [-0.15, -0.1) is 0 Å². The molecule has 4 heterocycles. The van der Waals surface area contributed by atoms with Crippen molar-refractivity contribution in [3.63, 3.8) is 0 Å². The van der Waals surface area contributed by atoms with E-state index in [1.807, 2.05) is 129 Å². The first-order chi connectivity index (χ1) is 50.0. The van der Waals surface area contributed by atoms with Crippen molar-refractivity contribution in [1.82, 2.24) is 14.7 Å². The number of likely N-dealkylation sites (N-methyl/N-ethyl adjacent to an activating group) is 2. The average Bonchev–Trinajstić information content (AvgIpc) is 0.866. The zero-order chi connectivity index (χ0) is 75.9. The summed E-state index contributed by atoms with van der Waals surface area (Å²) in [7, 11) is 0. The standard InChI is InChI=1S/2C29H42N2O4.C28H38N2O4/c2*1-7-13-26-15-12-10-11-14-21(4)18-25(30-34-20-27(32)31(8-2)9-3)19-24-17-22(5)16-23(6)28(24)29(33)35-26;1-21-11-6-4-9-16-33-28(32)27-23(3)17-22(2)18-24(27)19-25(13-10-12-21)29-34-20-26(31)30-14-7-5-8-15-30/h2*10,12,16-18,26H,7-9,11,13-15,19-20H2,1-6H3;6,10-11,13,17-18,21H,4-5,7-9,12,14-16,19-20H2,1-3H3/b12-10+,21-18+,30-25+;12-10+,21-18+,30-25-;11-6?,13-10+,29-25-. The molecule has 0 radical (unpaired) electrons. The molecule has 104 heavy (non-hydrogen) atoms. The van der Waals surface area contributed by atoms with E-state index in [1.54, 1.807) is 9.80 Å². The van der Waals surface area contributed by atoms with Gasteiger partial charge < -0.3 is 43.4 Å². The van der Waals surface area contributed by atoms with Gasteiger partial charge in [-0.2, -0.15) is 0 Å². The average molecular weight is 1430 g/mol. The van der Waals surface area contributed by atoms with E-state index in [4.69, 9.17) is 28.7 Å². The number of hydrogen-bond acceptors (Lipinski definition) is 15. The summed E-state index contributed by atoms with van der Waals surface area (Å²) in [5.74, 6) is -0.710. The molecule has 18 nitrogen and oxygen atoms in total. The molecular weight excluding hydrogens is 1310 g/mol. The van der Waals surface area contributed by atoms with Crippen LogP contribution in [0.3, 0.4) is 0 Å². The van der Waals surface area contributed by atoms with E-state index < -0.39 is 0 Å².